The van der Waals surface area contributed by atoms with E-state index >= 15 is 24.0 Å². The molecule has 7 aliphatic heterocycles. The second-order valence-corrected chi connectivity index (χ2v) is 32.8. The molecule has 0 aliphatic carbocycles. The molecule has 0 spiro atoms. The van der Waals surface area contributed by atoms with Crippen LogP contribution < -0.4 is 73.5 Å². The summed E-state index contributed by atoms with van der Waals surface area (Å²) in [5.41, 5.74) is 9.75. The molecule has 7 aromatic carbocycles. The molecule has 7 heterocycles. The van der Waals surface area contributed by atoms with Crippen molar-refractivity contribution in [2.45, 2.75) is 163 Å². The van der Waals surface area contributed by atoms with Crippen molar-refractivity contribution in [1.82, 2.24) is 47.9 Å². The van der Waals surface area contributed by atoms with Crippen LogP contribution in [-0.4, -0.2) is 226 Å². The number of phenols is 3. The summed E-state index contributed by atoms with van der Waals surface area (Å²) in [4.78, 5) is 120. The van der Waals surface area contributed by atoms with E-state index in [1.807, 2.05) is 50.2 Å². The van der Waals surface area contributed by atoms with Gasteiger partial charge in [-0.3, -0.25) is 33.6 Å². The van der Waals surface area contributed by atoms with Crippen molar-refractivity contribution >= 4 is 82.1 Å². The first kappa shape index (κ1) is 93.6. The Kier molecular flexibility index (Phi) is 30.9. The molecule has 7 aliphatic rings. The SMILES string of the molecule is CN[C@H](CC(C)C)C(=O)N[C@H]1C(=O)N[C@@H](CC(N)=O)C(=O)N[C@H]2C(=O)N[C@H]3C(=O)N[C@H](C(=O)N[C@H](C(=O)O)c4cc(O)c(CNCCOCCOCCN)c(O)c4-c4cc3ccc4O)C(O)c3ccc(c(Cl)c3)Oc3cc2cc(c3O[C@H]2CO[C@H](CO)[C@H](O)[C@@H]2OC2C[C@](C)(NCc3ccc(-c4ccc(Cl)cc4)cc3)[C@H](O)[C@H](C)O2)Oc2ccc(cc2Cl)[C@H]1O. The van der Waals surface area contributed by atoms with Gasteiger partial charge in [-0.15, -0.1) is 0 Å². The van der Waals surface area contributed by atoms with E-state index in [-0.39, 0.29) is 104 Å². The Bertz CT molecular complexity index is 5120. The van der Waals surface area contributed by atoms with Gasteiger partial charge in [0.25, 0.3) is 0 Å². The fourth-order valence-corrected chi connectivity index (χ4v) is 16.0. The first-order valence-electron chi connectivity index (χ1n) is 40.3. The lowest BCUT2D eigenvalue weighted by atomic mass is 9.84. The summed E-state index contributed by atoms with van der Waals surface area (Å²) in [6.07, 6.45) is -15.0. The van der Waals surface area contributed by atoms with Gasteiger partial charge in [0.05, 0.1) is 79.9 Å². The minimum absolute atomic E-state index is 0.0821. The number of carbonyl (C=O) groups is 8. The summed E-state index contributed by atoms with van der Waals surface area (Å²) >= 11 is 20.6. The van der Waals surface area contributed by atoms with E-state index in [1.54, 1.807) is 26.0 Å². The zero-order chi connectivity index (χ0) is 90.0. The number of aliphatic hydroxyl groups is 5. The molecule has 2 unspecified atom stereocenters. The van der Waals surface area contributed by atoms with Crippen LogP contribution >= 0.6 is 34.8 Å². The van der Waals surface area contributed by atoms with Gasteiger partial charge >= 0.3 is 5.97 Å². The van der Waals surface area contributed by atoms with Crippen LogP contribution in [0.15, 0.2) is 121 Å². The number of ether oxygens (including phenoxy) is 8. The lowest BCUT2D eigenvalue weighted by molar-refractivity contribution is -0.296. The van der Waals surface area contributed by atoms with E-state index in [1.165, 1.54) is 37.4 Å². The van der Waals surface area contributed by atoms with E-state index in [4.69, 9.17) is 84.2 Å². The Balaban J connectivity index is 1.02. The summed E-state index contributed by atoms with van der Waals surface area (Å²) in [7, 11) is 1.49. The first-order valence-corrected chi connectivity index (χ1v) is 41.4. The molecular weight excluding hydrogens is 1690 g/mol. The molecule has 670 valence electrons. The number of rotatable bonds is 27. The summed E-state index contributed by atoms with van der Waals surface area (Å²) in [5, 5.41) is 132. The van der Waals surface area contributed by atoms with Crippen molar-refractivity contribution in [1.29, 1.82) is 0 Å². The summed E-state index contributed by atoms with van der Waals surface area (Å²) in [6.45, 7) is 6.77. The number of phenolic OH excluding ortho intramolecular Hbond substituents is 3. The Labute approximate surface area is 732 Å². The molecule has 11 bridgehead atoms. The fourth-order valence-electron chi connectivity index (χ4n) is 15.4. The molecule has 7 amide bonds. The maximum absolute atomic E-state index is 16.4. The number of primary amides is 1. The molecule has 22 N–H and O–H groups in total. The highest BCUT2D eigenvalue weighted by Crippen LogP contribution is 2.51. The molecule has 17 atom stereocenters. The van der Waals surface area contributed by atoms with E-state index in [0.717, 1.165) is 59.2 Å². The van der Waals surface area contributed by atoms with Crippen molar-refractivity contribution in [2.24, 2.45) is 17.4 Å². The van der Waals surface area contributed by atoms with Gasteiger partial charge in [0, 0.05) is 59.9 Å². The highest BCUT2D eigenvalue weighted by atomic mass is 35.5. The van der Waals surface area contributed by atoms with Crippen LogP contribution in [0.2, 0.25) is 15.1 Å². The monoisotopic (exact) mass is 1790 g/mol. The van der Waals surface area contributed by atoms with Crippen LogP contribution in [0.4, 0.5) is 0 Å². The fraction of sp³-hybridized carbons (Fsp3) is 0.419. The van der Waals surface area contributed by atoms with Gasteiger partial charge in [-0.05, 0) is 139 Å². The summed E-state index contributed by atoms with van der Waals surface area (Å²) in [6, 6.07) is 14.1. The van der Waals surface area contributed by atoms with Crippen molar-refractivity contribution < 1.29 is 122 Å². The highest BCUT2D eigenvalue weighted by Gasteiger charge is 2.51. The third-order valence-corrected chi connectivity index (χ3v) is 23.0. The second kappa shape index (κ2) is 41.2. The molecule has 2 saturated heterocycles. The Morgan fingerprint density at radius 3 is 1.91 bits per heavy atom. The van der Waals surface area contributed by atoms with Gasteiger partial charge in [0.15, 0.2) is 29.9 Å². The molecule has 125 heavy (non-hydrogen) atoms. The molecule has 36 nitrogen and oxygen atoms in total. The highest BCUT2D eigenvalue weighted by molar-refractivity contribution is 6.32. The van der Waals surface area contributed by atoms with E-state index in [2.05, 4.69) is 47.9 Å². The predicted octanol–water partition coefficient (Wildman–Crippen LogP) is 4.02. The zero-order valence-corrected chi connectivity index (χ0v) is 70.7. The second-order valence-electron chi connectivity index (χ2n) is 31.5. The van der Waals surface area contributed by atoms with Crippen LogP contribution in [0, 0.1) is 5.92 Å². The van der Waals surface area contributed by atoms with Gasteiger partial charge in [-0.1, -0.05) is 103 Å². The lowest BCUT2D eigenvalue weighted by Gasteiger charge is -2.48. The van der Waals surface area contributed by atoms with Gasteiger partial charge < -0.3 is 143 Å². The van der Waals surface area contributed by atoms with Crippen LogP contribution in [0.5, 0.6) is 46.0 Å². The van der Waals surface area contributed by atoms with Crippen molar-refractivity contribution in [2.75, 3.05) is 59.8 Å². The van der Waals surface area contributed by atoms with Crippen LogP contribution in [0.25, 0.3) is 22.3 Å². The van der Waals surface area contributed by atoms with Crippen LogP contribution in [-0.2, 0) is 75.1 Å². The number of hydrogen-bond acceptors (Lipinski definition) is 28. The number of likely N-dealkylation sites (N-methyl/N-ethyl adjacent to an activating group) is 1. The molecule has 39 heteroatoms. The minimum Gasteiger partial charge on any atom is -0.507 e. The Hall–Kier alpha value is -10.6. The van der Waals surface area contributed by atoms with Gasteiger partial charge in [-0.2, -0.15) is 0 Å². The summed E-state index contributed by atoms with van der Waals surface area (Å²) < 4.78 is 50.8. The third-order valence-electron chi connectivity index (χ3n) is 22.1. The van der Waals surface area contributed by atoms with Crippen molar-refractivity contribution in [3.8, 4) is 68.2 Å². The number of aliphatic carboxylic acids is 1. The maximum Gasteiger partial charge on any atom is 0.330 e. The molecule has 0 aromatic heterocycles. The number of carboxylic acids is 1. The van der Waals surface area contributed by atoms with Crippen LogP contribution in [0.1, 0.15) is 116 Å². The quantitative estimate of drug-likeness (QED) is 0.0323. The average Bonchev–Trinajstić information content (AvgIpc) is 0.751. The molecule has 2 fully saturated rings. The number of aliphatic hydroxyl groups excluding tert-OH is 5. The number of carbonyl (C=O) groups excluding carboxylic acids is 7. The lowest BCUT2D eigenvalue weighted by Crippen LogP contribution is -2.64. The molecule has 0 radical (unpaired) electrons. The minimum atomic E-state index is -2.35. The topological polar surface area (TPSA) is 553 Å². The summed E-state index contributed by atoms with van der Waals surface area (Å²) in [5.74, 6) is -15.6. The molecule has 0 saturated carbocycles. The predicted molar refractivity (Wildman–Crippen MR) is 450 cm³/mol. The number of carboxylic acid groups (broad SMARTS) is 1. The number of halogens is 3. The maximum atomic E-state index is 16.4. The van der Waals surface area contributed by atoms with E-state index in [9.17, 15) is 60.3 Å². The van der Waals surface area contributed by atoms with E-state index in [0.29, 0.717) is 11.6 Å². The Morgan fingerprint density at radius 1 is 0.680 bits per heavy atom. The van der Waals surface area contributed by atoms with Crippen molar-refractivity contribution in [3.63, 3.8) is 0 Å². The number of amides is 7. The van der Waals surface area contributed by atoms with Gasteiger partial charge in [0.1, 0.15) is 89.5 Å². The number of nitrogens with two attached hydrogens (primary N) is 2. The van der Waals surface area contributed by atoms with Gasteiger partial charge in [-0.25, -0.2) is 4.79 Å². The van der Waals surface area contributed by atoms with Crippen molar-refractivity contribution in [3.05, 3.63) is 175 Å². The molecule has 7 aromatic rings. The molecular formula is C86H100Cl3N11O25. The first-order chi connectivity index (χ1) is 59.6. The number of hydrogen-bond donors (Lipinski definition) is 20. The Morgan fingerprint density at radius 2 is 1.30 bits per heavy atom. The number of aromatic hydroxyl groups is 3. The number of fused-ring (bicyclic) bond motifs is 15. The average molecular weight is 1790 g/mol. The largest absolute Gasteiger partial charge is 0.507 e. The zero-order valence-electron chi connectivity index (χ0n) is 68.4. The van der Waals surface area contributed by atoms with Crippen LogP contribution in [0.3, 0.4) is 0 Å². The van der Waals surface area contributed by atoms with Gasteiger partial charge in [0.2, 0.25) is 47.1 Å². The number of nitrogens with one attached hydrogen (secondary N) is 9. The normalized spacial score (nSPS) is 25.4. The standard InChI is InChI=1S/C86H100Cl3N11O25/c1-39(2)26-54(92-5)79(110)99-70-72(105)45-13-18-58(52(88)28-45)122-60-30-47-31-61(76(60)124-63-38-120-62(37-101)75(108)77(63)125-65-34-86(4,78(109)40(3)121-65)94-35-41-6-8-42(9-7-41)43-10-15-48(87)16-11-43)123-59-19-14-46(29-53(59)89)73(106)71-84(115)98-69(85(116)117)50-32-57(103)51(36-93-21-23-119-25-24-118-22-20-90)74(107)66(50)49-27-44(12-17-56(49)102)67(81(112)100-71)97-82(113)68(47)96-80(111)55(33-64(91)104)95-83(70)114/h6-19,27-32,39-40,54-55,62-63,65,67-73,75,77-78,92-94,101-103,105-109H,20-26,33-38,90H2,1-5H3,(H2,91,104)(H,95,114)(H,96,111)(H,97,113)(H,98,115)(H,99,110)(H,100,112)(H,116,117)/t40-,54+,55-,62+,63-,65?,67+,68+,69-,70+,71-,72+,73?,75-,77+,78+,86-/m0/s1. The smallest absolute Gasteiger partial charge is 0.330 e. The molecule has 14 rings (SSSR count). The van der Waals surface area contributed by atoms with E-state index < -0.39 is 232 Å². The number of benzene rings is 7. The third kappa shape index (κ3) is 21.9.